The third kappa shape index (κ3) is 2.67. The average molecular weight is 260 g/mol. The minimum Gasteiger partial charge on any atom is -0.366 e. The van der Waals surface area contributed by atoms with Gasteiger partial charge in [-0.2, -0.15) is 0 Å². The van der Waals surface area contributed by atoms with Crippen LogP contribution in [0.2, 0.25) is 0 Å². The van der Waals surface area contributed by atoms with Gasteiger partial charge in [-0.1, -0.05) is 26.2 Å². The zero-order chi connectivity index (χ0) is 13.1. The largest absolute Gasteiger partial charge is 0.366 e. The van der Waals surface area contributed by atoms with Crippen LogP contribution in [0.5, 0.6) is 0 Å². The minimum atomic E-state index is 0.549. The summed E-state index contributed by atoms with van der Waals surface area (Å²) >= 11 is 0. The molecule has 0 amide bonds. The number of hydrogen-bond donors (Lipinski definition) is 1. The number of nitrogens with one attached hydrogen (secondary N) is 1. The number of hydrogen-bond acceptors (Lipinski definition) is 5. The Morgan fingerprint density at radius 1 is 1.37 bits per heavy atom. The lowest BCUT2D eigenvalue weighted by Crippen LogP contribution is -2.24. The number of nitrogens with zero attached hydrogens (tertiary/aromatic N) is 5. The molecular formula is C13H20N6. The normalized spacial score (nSPS) is 23.0. The Morgan fingerprint density at radius 3 is 3.21 bits per heavy atom. The van der Waals surface area contributed by atoms with Crippen LogP contribution >= 0.6 is 0 Å². The molecule has 0 aliphatic heterocycles. The van der Waals surface area contributed by atoms with Gasteiger partial charge in [0, 0.05) is 6.04 Å². The van der Waals surface area contributed by atoms with Crippen LogP contribution in [0.25, 0.3) is 5.65 Å². The fraction of sp³-hybridized carbons (Fsp3) is 0.692. The highest BCUT2D eigenvalue weighted by Crippen LogP contribution is 2.31. The molecule has 1 fully saturated rings. The van der Waals surface area contributed by atoms with Crippen LogP contribution in [0.15, 0.2) is 12.1 Å². The van der Waals surface area contributed by atoms with Crippen molar-refractivity contribution < 1.29 is 0 Å². The molecule has 0 radical (unpaired) electrons. The van der Waals surface area contributed by atoms with E-state index in [1.165, 1.54) is 43.2 Å². The van der Waals surface area contributed by atoms with E-state index in [0.29, 0.717) is 11.7 Å². The van der Waals surface area contributed by atoms with Crippen molar-refractivity contribution in [1.82, 2.24) is 25.3 Å². The van der Waals surface area contributed by atoms with Crippen molar-refractivity contribution in [2.45, 2.75) is 51.5 Å². The average Bonchev–Trinajstić information content (AvgIpc) is 3.05. The summed E-state index contributed by atoms with van der Waals surface area (Å²) in [6.07, 6.45) is 7.81. The monoisotopic (exact) mass is 260 g/mol. The van der Waals surface area contributed by atoms with E-state index < -0.39 is 0 Å². The third-order valence-electron chi connectivity index (χ3n) is 3.99. The van der Waals surface area contributed by atoms with Gasteiger partial charge in [0.15, 0.2) is 5.65 Å². The van der Waals surface area contributed by atoms with Gasteiger partial charge in [-0.3, -0.25) is 0 Å². The molecule has 2 aromatic heterocycles. The molecule has 0 saturated heterocycles. The topological polar surface area (TPSA) is 68.0 Å². The lowest BCUT2D eigenvalue weighted by molar-refractivity contribution is 0.447. The van der Waals surface area contributed by atoms with Crippen LogP contribution in [0.1, 0.15) is 45.4 Å². The summed E-state index contributed by atoms with van der Waals surface area (Å²) in [6, 6.07) is 4.40. The van der Waals surface area contributed by atoms with Gasteiger partial charge >= 0.3 is 0 Å². The van der Waals surface area contributed by atoms with E-state index in [2.05, 4.69) is 32.9 Å². The molecule has 1 N–H and O–H groups in total. The van der Waals surface area contributed by atoms with Gasteiger partial charge in [0.05, 0.1) is 0 Å². The predicted octanol–water partition coefficient (Wildman–Crippen LogP) is 2.29. The van der Waals surface area contributed by atoms with Crippen molar-refractivity contribution in [2.24, 2.45) is 5.92 Å². The second-order valence-corrected chi connectivity index (χ2v) is 5.33. The van der Waals surface area contributed by atoms with Crippen LogP contribution < -0.4 is 5.32 Å². The van der Waals surface area contributed by atoms with Crippen LogP contribution in [-0.4, -0.2) is 31.3 Å². The molecule has 6 heteroatoms. The van der Waals surface area contributed by atoms with E-state index in [0.717, 1.165) is 11.7 Å². The highest BCUT2D eigenvalue weighted by atomic mass is 15.6. The number of anilines is 1. The standard InChI is InChI=1S/C13H20N6/c1-2-3-5-10-6-4-7-11(10)14-12-8-9-13-15-17-18-19(13)16-12/h8-11H,2-7H2,1H3,(H,14,16)/t10-,11+/m0/s1. The molecule has 3 rings (SSSR count). The Bertz CT molecular complexity index is 537. The molecule has 102 valence electrons. The smallest absolute Gasteiger partial charge is 0.200 e. The van der Waals surface area contributed by atoms with Crippen molar-refractivity contribution in [3.8, 4) is 0 Å². The number of fused-ring (bicyclic) bond motifs is 1. The Kier molecular flexibility index (Phi) is 3.57. The summed E-state index contributed by atoms with van der Waals surface area (Å²) in [7, 11) is 0. The molecule has 1 aliphatic carbocycles. The zero-order valence-electron chi connectivity index (χ0n) is 11.3. The van der Waals surface area contributed by atoms with E-state index in [4.69, 9.17) is 0 Å². The molecule has 19 heavy (non-hydrogen) atoms. The van der Waals surface area contributed by atoms with E-state index in [9.17, 15) is 0 Å². The van der Waals surface area contributed by atoms with Crippen LogP contribution in [0.3, 0.4) is 0 Å². The summed E-state index contributed by atoms with van der Waals surface area (Å²) in [5.74, 6) is 1.65. The maximum atomic E-state index is 4.38. The summed E-state index contributed by atoms with van der Waals surface area (Å²) in [5.41, 5.74) is 0.680. The summed E-state index contributed by atoms with van der Waals surface area (Å²) in [5, 5.41) is 19.2. The fourth-order valence-electron chi connectivity index (χ4n) is 2.96. The van der Waals surface area contributed by atoms with E-state index in [-0.39, 0.29) is 0 Å². The molecule has 6 nitrogen and oxygen atoms in total. The number of rotatable bonds is 5. The Labute approximate surface area is 112 Å². The highest BCUT2D eigenvalue weighted by Gasteiger charge is 2.26. The number of aromatic nitrogens is 5. The SMILES string of the molecule is CCCC[C@H]1CCC[C@H]1Nc1ccc2nnnn2n1. The third-order valence-corrected chi connectivity index (χ3v) is 3.99. The summed E-state index contributed by atoms with van der Waals surface area (Å²) in [6.45, 7) is 2.25. The second-order valence-electron chi connectivity index (χ2n) is 5.33. The van der Waals surface area contributed by atoms with Crippen LogP contribution in [0, 0.1) is 5.92 Å². The molecule has 2 aromatic rings. The molecule has 1 saturated carbocycles. The Balaban J connectivity index is 1.69. The Hall–Kier alpha value is -1.72. The number of unbranched alkanes of at least 4 members (excludes halogenated alkanes) is 1. The molecule has 2 heterocycles. The first-order chi connectivity index (χ1) is 9.36. The predicted molar refractivity (Wildman–Crippen MR) is 72.9 cm³/mol. The molecule has 0 bridgehead atoms. The maximum absolute atomic E-state index is 4.38. The molecular weight excluding hydrogens is 240 g/mol. The first kappa shape index (κ1) is 12.3. The zero-order valence-corrected chi connectivity index (χ0v) is 11.3. The second kappa shape index (κ2) is 5.50. The van der Waals surface area contributed by atoms with Crippen molar-refractivity contribution >= 4 is 11.5 Å². The van der Waals surface area contributed by atoms with E-state index in [1.807, 2.05) is 12.1 Å². The van der Waals surface area contributed by atoms with Crippen LogP contribution in [-0.2, 0) is 0 Å². The van der Waals surface area contributed by atoms with E-state index >= 15 is 0 Å². The lowest BCUT2D eigenvalue weighted by Gasteiger charge is -2.21. The van der Waals surface area contributed by atoms with Gasteiger partial charge in [0.2, 0.25) is 0 Å². The van der Waals surface area contributed by atoms with Gasteiger partial charge in [-0.25, -0.2) is 0 Å². The number of tetrazole rings is 1. The van der Waals surface area contributed by atoms with Crippen molar-refractivity contribution in [2.75, 3.05) is 5.32 Å². The quantitative estimate of drug-likeness (QED) is 0.893. The molecule has 0 aromatic carbocycles. The van der Waals surface area contributed by atoms with Gasteiger partial charge in [0.25, 0.3) is 0 Å². The van der Waals surface area contributed by atoms with Gasteiger partial charge in [-0.05, 0) is 47.7 Å². The van der Waals surface area contributed by atoms with Crippen LogP contribution in [0.4, 0.5) is 5.82 Å². The van der Waals surface area contributed by atoms with E-state index in [1.54, 1.807) is 0 Å². The lowest BCUT2D eigenvalue weighted by atomic mass is 9.97. The molecule has 0 unspecified atom stereocenters. The first-order valence-corrected chi connectivity index (χ1v) is 7.19. The molecule has 1 aliphatic rings. The fourth-order valence-corrected chi connectivity index (χ4v) is 2.96. The summed E-state index contributed by atoms with van der Waals surface area (Å²) < 4.78 is 1.47. The molecule has 0 spiro atoms. The molecule has 2 atom stereocenters. The maximum Gasteiger partial charge on any atom is 0.200 e. The van der Waals surface area contributed by atoms with Gasteiger partial charge in [0.1, 0.15) is 5.82 Å². The van der Waals surface area contributed by atoms with Crippen molar-refractivity contribution in [3.05, 3.63) is 12.1 Å². The first-order valence-electron chi connectivity index (χ1n) is 7.19. The van der Waals surface area contributed by atoms with Gasteiger partial charge < -0.3 is 5.32 Å². The van der Waals surface area contributed by atoms with Gasteiger partial charge in [-0.15, -0.1) is 14.8 Å². The Morgan fingerprint density at radius 2 is 2.32 bits per heavy atom. The highest BCUT2D eigenvalue weighted by molar-refractivity contribution is 5.42. The van der Waals surface area contributed by atoms with Crippen molar-refractivity contribution in [1.29, 1.82) is 0 Å². The summed E-state index contributed by atoms with van der Waals surface area (Å²) in [4.78, 5) is 0. The minimum absolute atomic E-state index is 0.549. The van der Waals surface area contributed by atoms with Crippen molar-refractivity contribution in [3.63, 3.8) is 0 Å².